The average Bonchev–Trinajstić information content (AvgIpc) is 2.73. The van der Waals surface area contributed by atoms with Crippen LogP contribution in [0.5, 0.6) is 0 Å². The van der Waals surface area contributed by atoms with Crippen molar-refractivity contribution in [3.63, 3.8) is 0 Å². The summed E-state index contributed by atoms with van der Waals surface area (Å²) in [4.78, 5) is 0. The Morgan fingerprint density at radius 2 is 1.33 bits per heavy atom. The van der Waals surface area contributed by atoms with Gasteiger partial charge in [-0.2, -0.15) is 0 Å². The first kappa shape index (κ1) is 16.1. The lowest BCUT2D eigenvalue weighted by atomic mass is 9.84. The van der Waals surface area contributed by atoms with Crippen molar-refractivity contribution in [3.8, 4) is 11.1 Å². The third-order valence-corrected chi connectivity index (χ3v) is 5.53. The van der Waals surface area contributed by atoms with Gasteiger partial charge in [-0.25, -0.2) is 0 Å². The molecule has 0 nitrogen and oxygen atoms in total. The number of hydrogen-bond acceptors (Lipinski definition) is 0. The van der Waals surface area contributed by atoms with Gasteiger partial charge >= 0.3 is 0 Å². The van der Waals surface area contributed by atoms with Crippen LogP contribution in [0.2, 0.25) is 0 Å². The Labute approximate surface area is 160 Å². The maximum atomic E-state index is 2.39. The van der Waals surface area contributed by atoms with E-state index in [1.54, 1.807) is 0 Å². The quantitative estimate of drug-likeness (QED) is 0.326. The van der Waals surface area contributed by atoms with Crippen molar-refractivity contribution in [2.75, 3.05) is 0 Å². The molecule has 5 rings (SSSR count). The largest absolute Gasteiger partial charge is 0.0836 e. The number of fused-ring (bicyclic) bond motifs is 2. The summed E-state index contributed by atoms with van der Waals surface area (Å²) in [6, 6.07) is 26.6. The highest BCUT2D eigenvalue weighted by Crippen LogP contribution is 2.42. The lowest BCUT2D eigenvalue weighted by Crippen LogP contribution is -1.94. The summed E-state index contributed by atoms with van der Waals surface area (Å²) in [6.45, 7) is 2.18. The molecule has 27 heavy (non-hydrogen) atoms. The Kier molecular flexibility index (Phi) is 3.90. The first-order valence-electron chi connectivity index (χ1n) is 9.70. The first-order chi connectivity index (χ1) is 13.3. The standard InChI is InChI=1S/C27H22/c1-19-16-17-24-25(18-19)27(21-12-6-3-7-13-21)23-15-9-8-14-22(23)26(24)20-10-4-2-5-11-20/h3-4,6-18H,2,5H2,1H3. The van der Waals surface area contributed by atoms with E-state index in [4.69, 9.17) is 0 Å². The number of rotatable bonds is 2. The highest BCUT2D eigenvalue weighted by Gasteiger charge is 2.17. The second kappa shape index (κ2) is 6.55. The van der Waals surface area contributed by atoms with Gasteiger partial charge < -0.3 is 0 Å². The van der Waals surface area contributed by atoms with Gasteiger partial charge in [0.1, 0.15) is 0 Å². The van der Waals surface area contributed by atoms with Crippen LogP contribution < -0.4 is 0 Å². The molecular formula is C27H22. The molecule has 0 saturated carbocycles. The molecule has 4 aromatic carbocycles. The van der Waals surface area contributed by atoms with Gasteiger partial charge in [0.15, 0.2) is 0 Å². The molecule has 0 radical (unpaired) electrons. The zero-order chi connectivity index (χ0) is 18.2. The van der Waals surface area contributed by atoms with Crippen LogP contribution in [0.15, 0.2) is 91.0 Å². The fourth-order valence-electron chi connectivity index (χ4n) is 4.32. The van der Waals surface area contributed by atoms with Gasteiger partial charge in [-0.3, -0.25) is 0 Å². The molecule has 0 aliphatic heterocycles. The van der Waals surface area contributed by atoms with Crippen LogP contribution in [0.4, 0.5) is 0 Å². The summed E-state index contributed by atoms with van der Waals surface area (Å²) < 4.78 is 0. The summed E-state index contributed by atoms with van der Waals surface area (Å²) in [5.41, 5.74) is 6.65. The van der Waals surface area contributed by atoms with Gasteiger partial charge in [-0.1, -0.05) is 96.6 Å². The normalized spacial score (nSPS) is 13.9. The molecule has 130 valence electrons. The predicted molar refractivity (Wildman–Crippen MR) is 118 cm³/mol. The molecular weight excluding hydrogens is 324 g/mol. The fraction of sp³-hybridized carbons (Fsp3) is 0.111. The monoisotopic (exact) mass is 346 g/mol. The van der Waals surface area contributed by atoms with Crippen molar-refractivity contribution in [3.05, 3.63) is 102 Å². The van der Waals surface area contributed by atoms with E-state index in [0.29, 0.717) is 0 Å². The van der Waals surface area contributed by atoms with Gasteiger partial charge in [-0.05, 0) is 63.6 Å². The number of allylic oxidation sites excluding steroid dienone is 4. The molecule has 0 heterocycles. The zero-order valence-corrected chi connectivity index (χ0v) is 15.6. The van der Waals surface area contributed by atoms with E-state index in [2.05, 4.69) is 97.9 Å². The molecule has 1 aliphatic carbocycles. The Bertz CT molecular complexity index is 1210. The third-order valence-electron chi connectivity index (χ3n) is 5.53. The number of aryl methyl sites for hydroxylation is 1. The molecule has 0 N–H and O–H groups in total. The lowest BCUT2D eigenvalue weighted by molar-refractivity contribution is 1.04. The van der Waals surface area contributed by atoms with E-state index in [-0.39, 0.29) is 0 Å². The van der Waals surface area contributed by atoms with Crippen LogP contribution in [0.25, 0.3) is 38.2 Å². The highest BCUT2D eigenvalue weighted by atomic mass is 14.2. The average molecular weight is 346 g/mol. The van der Waals surface area contributed by atoms with Crippen molar-refractivity contribution in [1.82, 2.24) is 0 Å². The first-order valence-corrected chi connectivity index (χ1v) is 9.70. The molecule has 0 heteroatoms. The zero-order valence-electron chi connectivity index (χ0n) is 15.6. The summed E-state index contributed by atoms with van der Waals surface area (Å²) >= 11 is 0. The smallest absolute Gasteiger partial charge is 0.00263 e. The van der Waals surface area contributed by atoms with Crippen LogP contribution in [0.1, 0.15) is 24.0 Å². The fourth-order valence-corrected chi connectivity index (χ4v) is 4.32. The molecule has 0 spiro atoms. The summed E-state index contributed by atoms with van der Waals surface area (Å²) in [5.74, 6) is 0. The summed E-state index contributed by atoms with van der Waals surface area (Å²) in [6.07, 6.45) is 9.25. The second-order valence-corrected chi connectivity index (χ2v) is 7.35. The van der Waals surface area contributed by atoms with Crippen LogP contribution in [-0.4, -0.2) is 0 Å². The van der Waals surface area contributed by atoms with Gasteiger partial charge in [0, 0.05) is 0 Å². The van der Waals surface area contributed by atoms with E-state index >= 15 is 0 Å². The number of benzene rings is 4. The molecule has 0 amide bonds. The Hall–Kier alpha value is -3.12. The minimum Gasteiger partial charge on any atom is -0.0836 e. The van der Waals surface area contributed by atoms with Crippen molar-refractivity contribution >= 4 is 27.1 Å². The summed E-state index contributed by atoms with van der Waals surface area (Å²) in [5, 5.41) is 5.35. The molecule has 0 bridgehead atoms. The van der Waals surface area contributed by atoms with E-state index in [1.807, 2.05) is 0 Å². The highest BCUT2D eigenvalue weighted by molar-refractivity contribution is 6.19. The Balaban J connectivity index is 2.00. The third kappa shape index (κ3) is 2.69. The van der Waals surface area contributed by atoms with Gasteiger partial charge in [0.2, 0.25) is 0 Å². The second-order valence-electron chi connectivity index (χ2n) is 7.35. The molecule has 1 aliphatic rings. The maximum Gasteiger partial charge on any atom is -0.00263 e. The minimum atomic E-state index is 1.12. The van der Waals surface area contributed by atoms with Crippen molar-refractivity contribution < 1.29 is 0 Å². The Morgan fingerprint density at radius 1 is 0.630 bits per heavy atom. The SMILES string of the molecule is Cc1ccc2c(C3=CCCC=C3)c3ccccc3c(-c3ccccc3)c2c1. The summed E-state index contributed by atoms with van der Waals surface area (Å²) in [7, 11) is 0. The molecule has 0 saturated heterocycles. The lowest BCUT2D eigenvalue weighted by Gasteiger charge is -2.19. The predicted octanol–water partition coefficient (Wildman–Crippen LogP) is 7.70. The van der Waals surface area contributed by atoms with E-state index in [9.17, 15) is 0 Å². The van der Waals surface area contributed by atoms with Crippen molar-refractivity contribution in [2.24, 2.45) is 0 Å². The minimum absolute atomic E-state index is 1.12. The maximum absolute atomic E-state index is 2.39. The molecule has 0 unspecified atom stereocenters. The van der Waals surface area contributed by atoms with Crippen molar-refractivity contribution in [1.29, 1.82) is 0 Å². The van der Waals surface area contributed by atoms with E-state index in [0.717, 1.165) is 12.8 Å². The number of hydrogen-bond donors (Lipinski definition) is 0. The molecule has 0 aromatic heterocycles. The van der Waals surface area contributed by atoms with Gasteiger partial charge in [0.25, 0.3) is 0 Å². The van der Waals surface area contributed by atoms with E-state index < -0.39 is 0 Å². The topological polar surface area (TPSA) is 0 Å². The Morgan fingerprint density at radius 3 is 2.07 bits per heavy atom. The molecule has 0 atom stereocenters. The molecule has 4 aromatic rings. The van der Waals surface area contributed by atoms with Crippen LogP contribution >= 0.6 is 0 Å². The van der Waals surface area contributed by atoms with Crippen molar-refractivity contribution in [2.45, 2.75) is 19.8 Å². The van der Waals surface area contributed by atoms with E-state index in [1.165, 1.54) is 49.4 Å². The molecule has 0 fully saturated rings. The van der Waals surface area contributed by atoms with Gasteiger partial charge in [0.05, 0.1) is 0 Å². The van der Waals surface area contributed by atoms with Crippen LogP contribution in [-0.2, 0) is 0 Å². The van der Waals surface area contributed by atoms with Gasteiger partial charge in [-0.15, -0.1) is 0 Å². The van der Waals surface area contributed by atoms with Crippen LogP contribution in [0.3, 0.4) is 0 Å². The van der Waals surface area contributed by atoms with Crippen LogP contribution in [0, 0.1) is 6.92 Å².